The maximum Gasteiger partial charge on any atom is 0.186 e. The third-order valence-electron chi connectivity index (χ3n) is 3.83. The molecular formula is C14H19FN6. The first-order valence-corrected chi connectivity index (χ1v) is 7.38. The van der Waals surface area contributed by atoms with Gasteiger partial charge in [0.1, 0.15) is 12.2 Å². The van der Waals surface area contributed by atoms with Crippen molar-refractivity contribution in [3.63, 3.8) is 0 Å². The zero-order valence-electron chi connectivity index (χ0n) is 12.3. The number of fused-ring (bicyclic) bond motifs is 1. The van der Waals surface area contributed by atoms with Crippen LogP contribution in [0.3, 0.4) is 0 Å². The summed E-state index contributed by atoms with van der Waals surface area (Å²) in [6.45, 7) is 4.74. The Labute approximate surface area is 122 Å². The van der Waals surface area contributed by atoms with Gasteiger partial charge in [-0.3, -0.25) is 0 Å². The molecule has 3 rings (SSSR count). The minimum absolute atomic E-state index is 0.154. The summed E-state index contributed by atoms with van der Waals surface area (Å²) in [5, 5.41) is 11.6. The van der Waals surface area contributed by atoms with Crippen LogP contribution in [0.4, 0.5) is 10.2 Å². The smallest absolute Gasteiger partial charge is 0.186 e. The van der Waals surface area contributed by atoms with Gasteiger partial charge in [-0.25, -0.2) is 14.4 Å². The third kappa shape index (κ3) is 2.59. The summed E-state index contributed by atoms with van der Waals surface area (Å²) >= 11 is 0. The zero-order chi connectivity index (χ0) is 14.8. The molecule has 2 aromatic rings. The number of anilines is 1. The molecule has 0 amide bonds. The second kappa shape index (κ2) is 5.75. The maximum absolute atomic E-state index is 14.2. The van der Waals surface area contributed by atoms with E-state index in [2.05, 4.69) is 30.0 Å². The first-order valence-electron chi connectivity index (χ1n) is 7.38. The van der Waals surface area contributed by atoms with E-state index in [1.54, 1.807) is 0 Å². The van der Waals surface area contributed by atoms with E-state index in [1.807, 2.05) is 13.8 Å². The van der Waals surface area contributed by atoms with Gasteiger partial charge in [-0.05, 0) is 26.2 Å². The average molecular weight is 290 g/mol. The van der Waals surface area contributed by atoms with Gasteiger partial charge in [0.2, 0.25) is 0 Å². The Hall–Kier alpha value is -2.05. The van der Waals surface area contributed by atoms with Crippen LogP contribution in [0.1, 0.15) is 50.1 Å². The van der Waals surface area contributed by atoms with E-state index in [4.69, 9.17) is 0 Å². The summed E-state index contributed by atoms with van der Waals surface area (Å²) < 4.78 is 16.3. The summed E-state index contributed by atoms with van der Waals surface area (Å²) in [4.78, 5) is 7.93. The van der Waals surface area contributed by atoms with Gasteiger partial charge >= 0.3 is 0 Å². The van der Waals surface area contributed by atoms with E-state index in [0.29, 0.717) is 12.1 Å². The fourth-order valence-electron chi connectivity index (χ4n) is 2.67. The van der Waals surface area contributed by atoms with Crippen molar-refractivity contribution in [2.75, 3.05) is 5.32 Å². The lowest BCUT2D eigenvalue weighted by atomic mass is 10.1. The molecule has 0 bridgehead atoms. The van der Waals surface area contributed by atoms with E-state index in [9.17, 15) is 4.39 Å². The van der Waals surface area contributed by atoms with Crippen molar-refractivity contribution < 1.29 is 4.39 Å². The molecule has 0 radical (unpaired) electrons. The molecule has 3 heterocycles. The van der Waals surface area contributed by atoms with Crippen molar-refractivity contribution in [2.24, 2.45) is 0 Å². The third-order valence-corrected chi connectivity index (χ3v) is 3.83. The Kier molecular flexibility index (Phi) is 3.81. The fourth-order valence-corrected chi connectivity index (χ4v) is 2.67. The lowest BCUT2D eigenvalue weighted by Crippen LogP contribution is -2.19. The van der Waals surface area contributed by atoms with Gasteiger partial charge in [-0.1, -0.05) is 6.92 Å². The van der Waals surface area contributed by atoms with Gasteiger partial charge in [0.05, 0.1) is 11.7 Å². The van der Waals surface area contributed by atoms with Gasteiger partial charge in [-0.15, -0.1) is 10.2 Å². The SMILES string of the molecule is CCc1ncnc(NC(C)c2nnc3n2CCCC3)c1F. The summed E-state index contributed by atoms with van der Waals surface area (Å²) in [5.74, 6) is 1.69. The Balaban J connectivity index is 1.84. The van der Waals surface area contributed by atoms with Crippen LogP contribution in [0.2, 0.25) is 0 Å². The Bertz CT molecular complexity index is 638. The summed E-state index contributed by atoms with van der Waals surface area (Å²) in [6.07, 6.45) is 5.17. The van der Waals surface area contributed by atoms with Gasteiger partial charge in [0, 0.05) is 13.0 Å². The fraction of sp³-hybridized carbons (Fsp3) is 0.571. The topological polar surface area (TPSA) is 68.5 Å². The summed E-state index contributed by atoms with van der Waals surface area (Å²) in [7, 11) is 0. The molecule has 0 spiro atoms. The molecular weight excluding hydrogens is 271 g/mol. The number of hydrogen-bond acceptors (Lipinski definition) is 5. The molecule has 112 valence electrons. The largest absolute Gasteiger partial charge is 0.358 e. The predicted molar refractivity (Wildman–Crippen MR) is 76.4 cm³/mol. The van der Waals surface area contributed by atoms with Gasteiger partial charge in [-0.2, -0.15) is 0 Å². The monoisotopic (exact) mass is 290 g/mol. The standard InChI is InChI=1S/C14H19FN6/c1-3-10-12(15)13(17-8-16-10)18-9(2)14-20-19-11-6-4-5-7-21(11)14/h8-9H,3-7H2,1-2H3,(H,16,17,18). The molecule has 1 aliphatic rings. The minimum Gasteiger partial charge on any atom is -0.358 e. The van der Waals surface area contributed by atoms with Crippen LogP contribution < -0.4 is 5.32 Å². The quantitative estimate of drug-likeness (QED) is 0.935. The van der Waals surface area contributed by atoms with Crippen LogP contribution in [0.25, 0.3) is 0 Å². The Morgan fingerprint density at radius 1 is 1.33 bits per heavy atom. The van der Waals surface area contributed by atoms with E-state index in [-0.39, 0.29) is 17.7 Å². The molecule has 2 aromatic heterocycles. The number of hydrogen-bond donors (Lipinski definition) is 1. The van der Waals surface area contributed by atoms with Crippen LogP contribution in [-0.2, 0) is 19.4 Å². The number of aromatic nitrogens is 5. The molecule has 0 aliphatic carbocycles. The van der Waals surface area contributed by atoms with Crippen molar-refractivity contribution in [2.45, 2.75) is 52.1 Å². The van der Waals surface area contributed by atoms with Crippen LogP contribution in [0.5, 0.6) is 0 Å². The van der Waals surface area contributed by atoms with Crippen LogP contribution in [0.15, 0.2) is 6.33 Å². The second-order valence-corrected chi connectivity index (χ2v) is 5.29. The van der Waals surface area contributed by atoms with Crippen LogP contribution in [0, 0.1) is 5.82 Å². The molecule has 7 heteroatoms. The molecule has 0 saturated heterocycles. The zero-order valence-corrected chi connectivity index (χ0v) is 12.3. The van der Waals surface area contributed by atoms with Crippen molar-refractivity contribution in [1.82, 2.24) is 24.7 Å². The molecule has 21 heavy (non-hydrogen) atoms. The van der Waals surface area contributed by atoms with Gasteiger partial charge < -0.3 is 9.88 Å². The van der Waals surface area contributed by atoms with E-state index in [0.717, 1.165) is 37.5 Å². The molecule has 1 aliphatic heterocycles. The lowest BCUT2D eigenvalue weighted by Gasteiger charge is -2.19. The van der Waals surface area contributed by atoms with E-state index < -0.39 is 0 Å². The molecule has 1 N–H and O–H groups in total. The highest BCUT2D eigenvalue weighted by atomic mass is 19.1. The highest BCUT2D eigenvalue weighted by Crippen LogP contribution is 2.23. The number of halogens is 1. The Morgan fingerprint density at radius 3 is 3.00 bits per heavy atom. The maximum atomic E-state index is 14.2. The molecule has 0 fully saturated rings. The predicted octanol–water partition coefficient (Wildman–Crippen LogP) is 2.28. The van der Waals surface area contributed by atoms with Gasteiger partial charge in [0.25, 0.3) is 0 Å². The molecule has 6 nitrogen and oxygen atoms in total. The Morgan fingerprint density at radius 2 is 2.19 bits per heavy atom. The molecule has 1 unspecified atom stereocenters. The first-order chi connectivity index (χ1) is 10.2. The van der Waals surface area contributed by atoms with Gasteiger partial charge in [0.15, 0.2) is 17.5 Å². The minimum atomic E-state index is -0.384. The second-order valence-electron chi connectivity index (χ2n) is 5.29. The van der Waals surface area contributed by atoms with Crippen molar-refractivity contribution in [1.29, 1.82) is 0 Å². The van der Waals surface area contributed by atoms with Crippen LogP contribution in [-0.4, -0.2) is 24.7 Å². The highest BCUT2D eigenvalue weighted by Gasteiger charge is 2.21. The van der Waals surface area contributed by atoms with E-state index >= 15 is 0 Å². The van der Waals surface area contributed by atoms with E-state index in [1.165, 1.54) is 6.33 Å². The summed E-state index contributed by atoms with van der Waals surface area (Å²) in [6, 6.07) is -0.154. The molecule has 1 atom stereocenters. The average Bonchev–Trinajstić information content (AvgIpc) is 2.93. The molecule has 0 saturated carbocycles. The normalized spacial score (nSPS) is 15.6. The van der Waals surface area contributed by atoms with Crippen molar-refractivity contribution in [3.8, 4) is 0 Å². The first kappa shape index (κ1) is 13.9. The number of nitrogens with one attached hydrogen (secondary N) is 1. The van der Waals surface area contributed by atoms with Crippen LogP contribution >= 0.6 is 0 Å². The lowest BCUT2D eigenvalue weighted by molar-refractivity contribution is 0.499. The number of aryl methyl sites for hydroxylation is 2. The number of nitrogens with zero attached hydrogens (tertiary/aromatic N) is 5. The molecule has 0 aromatic carbocycles. The number of rotatable bonds is 4. The van der Waals surface area contributed by atoms with Crippen molar-refractivity contribution in [3.05, 3.63) is 29.5 Å². The summed E-state index contributed by atoms with van der Waals surface area (Å²) in [5.41, 5.74) is 0.419. The van der Waals surface area contributed by atoms with Crippen molar-refractivity contribution >= 4 is 5.82 Å². The highest BCUT2D eigenvalue weighted by molar-refractivity contribution is 5.39.